The lowest BCUT2D eigenvalue weighted by atomic mass is 10.2. The molecule has 1 atom stereocenters. The van der Waals surface area contributed by atoms with Crippen LogP contribution in [0.5, 0.6) is 0 Å². The lowest BCUT2D eigenvalue weighted by Gasteiger charge is -2.12. The summed E-state index contributed by atoms with van der Waals surface area (Å²) in [6, 6.07) is 0.275. The molecule has 2 aromatic rings. The van der Waals surface area contributed by atoms with Gasteiger partial charge in [0.05, 0.1) is 0 Å². The van der Waals surface area contributed by atoms with Crippen molar-refractivity contribution in [2.24, 2.45) is 0 Å². The van der Waals surface area contributed by atoms with Gasteiger partial charge in [-0.2, -0.15) is 24.7 Å². The quantitative estimate of drug-likeness (QED) is 0.888. The van der Waals surface area contributed by atoms with E-state index in [-0.39, 0.29) is 11.3 Å². The number of hydrogen-bond acceptors (Lipinski definition) is 6. The molecule has 18 heavy (non-hydrogen) atoms. The van der Waals surface area contributed by atoms with E-state index >= 15 is 0 Å². The number of aromatic nitrogens is 6. The fourth-order valence-corrected chi connectivity index (χ4v) is 1.70. The molecule has 0 amide bonds. The Labute approximate surface area is 110 Å². The van der Waals surface area contributed by atoms with E-state index in [0.717, 1.165) is 12.8 Å². The Morgan fingerprint density at radius 1 is 1.39 bits per heavy atom. The minimum Gasteiger partial charge on any atom is -0.352 e. The third-order valence-corrected chi connectivity index (χ3v) is 2.49. The van der Waals surface area contributed by atoms with Crippen molar-refractivity contribution >= 4 is 17.5 Å². The van der Waals surface area contributed by atoms with Crippen molar-refractivity contribution in [3.8, 4) is 5.95 Å². The van der Waals surface area contributed by atoms with Crippen molar-refractivity contribution in [3.05, 3.63) is 17.9 Å². The number of nitrogens with one attached hydrogen (secondary N) is 1. The molecule has 0 saturated heterocycles. The molecule has 0 aromatic carbocycles. The molecule has 0 aliphatic rings. The SMILES string of the molecule is CCCC(C)Nc1nc(Cl)nc(-n2cncn2)n1. The van der Waals surface area contributed by atoms with Crippen molar-refractivity contribution in [1.82, 2.24) is 29.7 Å². The minimum absolute atomic E-state index is 0.127. The zero-order chi connectivity index (χ0) is 13.0. The van der Waals surface area contributed by atoms with Crippen LogP contribution >= 0.6 is 11.6 Å². The maximum absolute atomic E-state index is 5.86. The maximum Gasteiger partial charge on any atom is 0.258 e. The van der Waals surface area contributed by atoms with E-state index in [1.54, 1.807) is 0 Å². The first kappa shape index (κ1) is 12.7. The van der Waals surface area contributed by atoms with Crippen molar-refractivity contribution < 1.29 is 0 Å². The molecule has 0 radical (unpaired) electrons. The largest absolute Gasteiger partial charge is 0.352 e. The lowest BCUT2D eigenvalue weighted by molar-refractivity contribution is 0.680. The second-order valence-corrected chi connectivity index (χ2v) is 4.24. The maximum atomic E-state index is 5.86. The van der Waals surface area contributed by atoms with Gasteiger partial charge >= 0.3 is 0 Å². The van der Waals surface area contributed by atoms with Crippen LogP contribution in [-0.4, -0.2) is 35.8 Å². The van der Waals surface area contributed by atoms with Crippen LogP contribution in [0.3, 0.4) is 0 Å². The normalized spacial score (nSPS) is 12.4. The van der Waals surface area contributed by atoms with Crippen LogP contribution in [-0.2, 0) is 0 Å². The summed E-state index contributed by atoms with van der Waals surface area (Å²) in [7, 11) is 0. The molecular weight excluding hydrogens is 254 g/mol. The van der Waals surface area contributed by atoms with E-state index in [1.165, 1.54) is 17.3 Å². The molecule has 1 N–H and O–H groups in total. The van der Waals surface area contributed by atoms with Crippen molar-refractivity contribution in [2.45, 2.75) is 32.7 Å². The van der Waals surface area contributed by atoms with Gasteiger partial charge in [-0.3, -0.25) is 0 Å². The highest BCUT2D eigenvalue weighted by molar-refractivity contribution is 6.28. The summed E-state index contributed by atoms with van der Waals surface area (Å²) < 4.78 is 1.43. The van der Waals surface area contributed by atoms with Gasteiger partial charge in [0.2, 0.25) is 11.2 Å². The highest BCUT2D eigenvalue weighted by Gasteiger charge is 2.09. The van der Waals surface area contributed by atoms with Gasteiger partial charge in [-0.25, -0.2) is 4.98 Å². The monoisotopic (exact) mass is 267 g/mol. The van der Waals surface area contributed by atoms with Crippen LogP contribution in [0.4, 0.5) is 5.95 Å². The summed E-state index contributed by atoms with van der Waals surface area (Å²) in [5.74, 6) is 0.792. The third kappa shape index (κ3) is 3.13. The Bertz CT molecular complexity index is 499. The molecule has 7 nitrogen and oxygen atoms in total. The fourth-order valence-electron chi connectivity index (χ4n) is 1.54. The fraction of sp³-hybridized carbons (Fsp3) is 0.500. The predicted octanol–water partition coefficient (Wildman–Crippen LogP) is 1.71. The molecule has 2 aromatic heterocycles. The average Bonchev–Trinajstić information content (AvgIpc) is 2.81. The van der Waals surface area contributed by atoms with Crippen molar-refractivity contribution in [1.29, 1.82) is 0 Å². The standard InChI is InChI=1S/C10H14ClN7/c1-3-4-7(2)14-9-15-8(11)16-10(17-9)18-6-12-5-13-18/h5-7H,3-4H2,1-2H3,(H,14,15,16,17). The molecule has 0 spiro atoms. The first-order chi connectivity index (χ1) is 8.69. The number of rotatable bonds is 5. The number of hydrogen-bond donors (Lipinski definition) is 1. The first-order valence-corrected chi connectivity index (χ1v) is 6.10. The van der Waals surface area contributed by atoms with Crippen molar-refractivity contribution in [2.75, 3.05) is 5.32 Å². The molecule has 2 rings (SSSR count). The van der Waals surface area contributed by atoms with E-state index in [2.05, 4.69) is 44.2 Å². The predicted molar refractivity (Wildman–Crippen MR) is 67.7 cm³/mol. The van der Waals surface area contributed by atoms with Gasteiger partial charge in [-0.05, 0) is 24.9 Å². The highest BCUT2D eigenvalue weighted by atomic mass is 35.5. The van der Waals surface area contributed by atoms with Gasteiger partial charge in [0.1, 0.15) is 12.7 Å². The van der Waals surface area contributed by atoms with Gasteiger partial charge in [-0.15, -0.1) is 0 Å². The zero-order valence-corrected chi connectivity index (χ0v) is 11.0. The second-order valence-electron chi connectivity index (χ2n) is 3.90. The van der Waals surface area contributed by atoms with Gasteiger partial charge in [0.25, 0.3) is 5.95 Å². The molecule has 1 unspecified atom stereocenters. The van der Waals surface area contributed by atoms with Gasteiger partial charge in [-0.1, -0.05) is 13.3 Å². The molecule has 8 heteroatoms. The summed E-state index contributed by atoms with van der Waals surface area (Å²) in [5.41, 5.74) is 0. The first-order valence-electron chi connectivity index (χ1n) is 5.72. The average molecular weight is 268 g/mol. The van der Waals surface area contributed by atoms with Crippen molar-refractivity contribution in [3.63, 3.8) is 0 Å². The summed E-state index contributed by atoms with van der Waals surface area (Å²) in [6.07, 6.45) is 5.03. The van der Waals surface area contributed by atoms with E-state index in [4.69, 9.17) is 11.6 Å². The van der Waals surface area contributed by atoms with Gasteiger partial charge in [0, 0.05) is 6.04 Å². The van der Waals surface area contributed by atoms with Crippen LogP contribution in [0.2, 0.25) is 5.28 Å². The Morgan fingerprint density at radius 2 is 2.22 bits per heavy atom. The smallest absolute Gasteiger partial charge is 0.258 e. The lowest BCUT2D eigenvalue weighted by Crippen LogP contribution is -2.18. The summed E-state index contributed by atoms with van der Waals surface area (Å²) >= 11 is 5.86. The van der Waals surface area contributed by atoms with E-state index in [0.29, 0.717) is 11.9 Å². The second kappa shape index (κ2) is 5.72. The summed E-state index contributed by atoms with van der Waals surface area (Å²) in [4.78, 5) is 16.1. The number of halogens is 1. The highest BCUT2D eigenvalue weighted by Crippen LogP contribution is 2.10. The molecule has 0 aliphatic carbocycles. The van der Waals surface area contributed by atoms with Crippen LogP contribution in [0.25, 0.3) is 5.95 Å². The van der Waals surface area contributed by atoms with Crippen LogP contribution in [0.15, 0.2) is 12.7 Å². The Kier molecular flexibility index (Phi) is 4.03. The summed E-state index contributed by atoms with van der Waals surface area (Å²) in [5, 5.41) is 7.25. The number of anilines is 1. The molecule has 0 saturated carbocycles. The summed E-state index contributed by atoms with van der Waals surface area (Å²) in [6.45, 7) is 4.19. The minimum atomic E-state index is 0.127. The van der Waals surface area contributed by atoms with Gasteiger partial charge in [0.15, 0.2) is 0 Å². The Morgan fingerprint density at radius 3 is 2.89 bits per heavy atom. The van der Waals surface area contributed by atoms with Crippen LogP contribution in [0, 0.1) is 0 Å². The topological polar surface area (TPSA) is 81.4 Å². The molecule has 2 heterocycles. The third-order valence-electron chi connectivity index (χ3n) is 2.32. The van der Waals surface area contributed by atoms with E-state index < -0.39 is 0 Å². The Hall–Kier alpha value is -1.76. The molecule has 0 bridgehead atoms. The van der Waals surface area contributed by atoms with Crippen LogP contribution in [0.1, 0.15) is 26.7 Å². The molecule has 0 aliphatic heterocycles. The van der Waals surface area contributed by atoms with E-state index in [1.807, 2.05) is 0 Å². The number of nitrogens with zero attached hydrogens (tertiary/aromatic N) is 6. The Balaban J connectivity index is 2.22. The van der Waals surface area contributed by atoms with Gasteiger partial charge < -0.3 is 5.32 Å². The zero-order valence-electron chi connectivity index (χ0n) is 10.2. The molecule has 0 fully saturated rings. The molecular formula is C10H14ClN7. The van der Waals surface area contributed by atoms with E-state index in [9.17, 15) is 0 Å². The van der Waals surface area contributed by atoms with Crippen LogP contribution < -0.4 is 5.32 Å². The molecule has 96 valence electrons.